The van der Waals surface area contributed by atoms with Crippen molar-refractivity contribution >= 4 is 23.0 Å². The second-order valence-corrected chi connectivity index (χ2v) is 6.90. The quantitative estimate of drug-likeness (QED) is 0.495. The Morgan fingerprint density at radius 1 is 1.26 bits per heavy atom. The molecule has 7 nitrogen and oxygen atoms in total. The van der Waals surface area contributed by atoms with Crippen molar-refractivity contribution < 1.29 is 28.9 Å². The maximum absolute atomic E-state index is 12.5. The van der Waals surface area contributed by atoms with Crippen molar-refractivity contribution in [3.63, 3.8) is 0 Å². The van der Waals surface area contributed by atoms with Crippen molar-refractivity contribution in [1.82, 2.24) is 4.57 Å². The monoisotopic (exact) mass is 373 g/mol. The van der Waals surface area contributed by atoms with E-state index < -0.39 is 23.8 Å². The zero-order valence-electron chi connectivity index (χ0n) is 16.2. The Bertz CT molecular complexity index is 939. The molecule has 1 atom stereocenters. The van der Waals surface area contributed by atoms with Gasteiger partial charge < -0.3 is 19.3 Å². The smallest absolute Gasteiger partial charge is 0.419 e. The largest absolute Gasteiger partial charge is 0.496 e. The first kappa shape index (κ1) is 20.3. The van der Waals surface area contributed by atoms with Gasteiger partial charge in [0.25, 0.3) is 0 Å². The number of carbonyl (C=O) groups is 2. The van der Waals surface area contributed by atoms with E-state index in [2.05, 4.69) is 16.6 Å². The highest BCUT2D eigenvalue weighted by Crippen LogP contribution is 2.36. The number of ether oxygens (including phenoxy) is 3. The Labute approximate surface area is 157 Å². The van der Waals surface area contributed by atoms with Crippen molar-refractivity contribution in [3.05, 3.63) is 29.5 Å². The molecule has 0 radical (unpaired) electrons. The van der Waals surface area contributed by atoms with Gasteiger partial charge in [-0.3, -0.25) is 4.57 Å². The Hall–Kier alpha value is -2.98. The normalized spacial score (nSPS) is 12.1. The number of benzene rings is 1. The fourth-order valence-corrected chi connectivity index (χ4v) is 2.69. The fourth-order valence-electron chi connectivity index (χ4n) is 2.69. The molecule has 0 spiro atoms. The lowest BCUT2D eigenvalue weighted by molar-refractivity contribution is -0.133. The summed E-state index contributed by atoms with van der Waals surface area (Å²) in [6.45, 7) is 7.17. The number of fused-ring (bicyclic) bond motifs is 1. The summed E-state index contributed by atoms with van der Waals surface area (Å²) in [5.41, 5.74) is 1.04. The highest BCUT2D eigenvalue weighted by Gasteiger charge is 2.24. The zero-order chi connectivity index (χ0) is 20.4. The number of carbonyl (C=O) groups excluding carboxylic acids is 2. The topological polar surface area (TPSA) is 87.0 Å². The summed E-state index contributed by atoms with van der Waals surface area (Å²) >= 11 is 0. The van der Waals surface area contributed by atoms with Crippen molar-refractivity contribution in [2.75, 3.05) is 14.2 Å². The minimum atomic E-state index is -1.31. The van der Waals surface area contributed by atoms with E-state index in [0.29, 0.717) is 22.2 Å². The van der Waals surface area contributed by atoms with E-state index in [0.717, 1.165) is 5.56 Å². The molecule has 2 aromatic rings. The van der Waals surface area contributed by atoms with Gasteiger partial charge in [-0.25, -0.2) is 9.59 Å². The van der Waals surface area contributed by atoms with Crippen molar-refractivity contribution in [1.29, 1.82) is 0 Å². The van der Waals surface area contributed by atoms with Crippen LogP contribution in [0.25, 0.3) is 10.9 Å². The van der Waals surface area contributed by atoms with Crippen LogP contribution >= 0.6 is 0 Å². The van der Waals surface area contributed by atoms with E-state index in [1.54, 1.807) is 39.1 Å². The Morgan fingerprint density at radius 2 is 1.93 bits per heavy atom. The van der Waals surface area contributed by atoms with Gasteiger partial charge in [0.1, 0.15) is 17.5 Å². The Morgan fingerprint density at radius 3 is 2.48 bits per heavy atom. The standard InChI is InChI=1S/C20H23NO6/c1-12-11-15(25-5)17(14(22)7-8-16(23)26-6)13-9-10-21(18(12)13)19(24)27-20(2,3)4/h9-11,14,22H,1-6H3. The molecule has 1 N–H and O–H groups in total. The van der Waals surface area contributed by atoms with Crippen LogP contribution in [0.3, 0.4) is 0 Å². The first-order valence-electron chi connectivity index (χ1n) is 8.28. The number of aromatic nitrogens is 1. The highest BCUT2D eigenvalue weighted by atomic mass is 16.6. The number of hydrogen-bond donors (Lipinski definition) is 1. The maximum atomic E-state index is 12.5. The van der Waals surface area contributed by atoms with E-state index in [9.17, 15) is 14.7 Å². The minimum absolute atomic E-state index is 0.358. The summed E-state index contributed by atoms with van der Waals surface area (Å²) in [5.74, 6) is 4.28. The van der Waals surface area contributed by atoms with Crippen LogP contribution in [0.1, 0.15) is 38.0 Å². The summed E-state index contributed by atoms with van der Waals surface area (Å²) in [4.78, 5) is 23.8. The molecular weight excluding hydrogens is 350 g/mol. The Kier molecular flexibility index (Phi) is 5.82. The summed E-state index contributed by atoms with van der Waals surface area (Å²) in [6, 6.07) is 3.37. The van der Waals surface area contributed by atoms with Gasteiger partial charge >= 0.3 is 12.1 Å². The number of methoxy groups -OCH3 is 2. The number of aryl methyl sites for hydroxylation is 1. The lowest BCUT2D eigenvalue weighted by Gasteiger charge is -2.20. The summed E-state index contributed by atoms with van der Waals surface area (Å²) in [7, 11) is 2.67. The number of esters is 1. The van der Waals surface area contributed by atoms with E-state index in [1.807, 2.05) is 6.92 Å². The molecule has 0 saturated carbocycles. The van der Waals surface area contributed by atoms with E-state index >= 15 is 0 Å². The van der Waals surface area contributed by atoms with Gasteiger partial charge in [-0.05, 0) is 45.4 Å². The van der Waals surface area contributed by atoms with Gasteiger partial charge in [-0.2, -0.15) is 0 Å². The molecule has 0 bridgehead atoms. The minimum Gasteiger partial charge on any atom is -0.496 e. The van der Waals surface area contributed by atoms with Crippen molar-refractivity contribution in [2.45, 2.75) is 39.4 Å². The molecule has 7 heteroatoms. The SMILES string of the molecule is COC(=O)C#CC(O)c1c(OC)cc(C)c2c1ccn2C(=O)OC(C)(C)C. The van der Waals surface area contributed by atoms with Gasteiger partial charge in [0.15, 0.2) is 0 Å². The van der Waals surface area contributed by atoms with E-state index in [1.165, 1.54) is 18.8 Å². The molecule has 1 unspecified atom stereocenters. The van der Waals surface area contributed by atoms with Crippen LogP contribution in [0.5, 0.6) is 5.75 Å². The molecule has 2 rings (SSSR count). The number of aliphatic hydroxyl groups is 1. The van der Waals surface area contributed by atoms with Crippen molar-refractivity contribution in [2.24, 2.45) is 0 Å². The predicted molar refractivity (Wildman–Crippen MR) is 99.6 cm³/mol. The van der Waals surface area contributed by atoms with Crippen LogP contribution in [0, 0.1) is 18.8 Å². The molecule has 0 amide bonds. The van der Waals surface area contributed by atoms with E-state index in [-0.39, 0.29) is 0 Å². The molecule has 0 aliphatic rings. The molecular formula is C20H23NO6. The third kappa shape index (κ3) is 4.41. The number of nitrogens with zero attached hydrogens (tertiary/aromatic N) is 1. The zero-order valence-corrected chi connectivity index (χ0v) is 16.2. The van der Waals surface area contributed by atoms with Crippen LogP contribution in [-0.2, 0) is 14.3 Å². The van der Waals surface area contributed by atoms with Gasteiger partial charge in [0.2, 0.25) is 0 Å². The molecule has 144 valence electrons. The number of hydrogen-bond acceptors (Lipinski definition) is 6. The first-order valence-corrected chi connectivity index (χ1v) is 8.28. The Balaban J connectivity index is 2.64. The van der Waals surface area contributed by atoms with Crippen LogP contribution < -0.4 is 4.74 Å². The average molecular weight is 373 g/mol. The molecule has 0 saturated heterocycles. The first-order chi connectivity index (χ1) is 12.6. The molecule has 1 heterocycles. The van der Waals surface area contributed by atoms with Crippen LogP contribution in [0.4, 0.5) is 4.79 Å². The van der Waals surface area contributed by atoms with Gasteiger partial charge in [-0.15, -0.1) is 0 Å². The average Bonchev–Trinajstić information content (AvgIpc) is 3.03. The summed E-state index contributed by atoms with van der Waals surface area (Å²) < 4.78 is 16.6. The molecule has 0 fully saturated rings. The lowest BCUT2D eigenvalue weighted by atomic mass is 10.0. The maximum Gasteiger partial charge on any atom is 0.419 e. The molecule has 1 aromatic carbocycles. The molecule has 27 heavy (non-hydrogen) atoms. The number of aliphatic hydroxyl groups excluding tert-OH is 1. The predicted octanol–water partition coefficient (Wildman–Crippen LogP) is 2.95. The fraction of sp³-hybridized carbons (Fsp3) is 0.400. The van der Waals surface area contributed by atoms with E-state index in [4.69, 9.17) is 9.47 Å². The second-order valence-electron chi connectivity index (χ2n) is 6.90. The third-order valence-corrected chi connectivity index (χ3v) is 3.74. The molecule has 1 aromatic heterocycles. The summed E-state index contributed by atoms with van der Waals surface area (Å²) in [6.07, 6.45) is -0.279. The summed E-state index contributed by atoms with van der Waals surface area (Å²) in [5, 5.41) is 11.1. The van der Waals surface area contributed by atoms with Gasteiger partial charge in [0, 0.05) is 23.1 Å². The number of rotatable bonds is 2. The highest BCUT2D eigenvalue weighted by molar-refractivity contribution is 5.96. The van der Waals surface area contributed by atoms with Crippen LogP contribution in [-0.4, -0.2) is 41.6 Å². The molecule has 0 aliphatic heterocycles. The van der Waals surface area contributed by atoms with Crippen molar-refractivity contribution in [3.8, 4) is 17.6 Å². The third-order valence-electron chi connectivity index (χ3n) is 3.74. The van der Waals surface area contributed by atoms with Gasteiger partial charge in [0.05, 0.1) is 19.7 Å². The van der Waals surface area contributed by atoms with Crippen LogP contribution in [0.15, 0.2) is 18.3 Å². The molecule has 0 aliphatic carbocycles. The van der Waals surface area contributed by atoms with Gasteiger partial charge in [-0.1, -0.05) is 5.92 Å². The van der Waals surface area contributed by atoms with Crippen LogP contribution in [0.2, 0.25) is 0 Å². The lowest BCUT2D eigenvalue weighted by Crippen LogP contribution is -2.26. The second kappa shape index (κ2) is 7.72.